The minimum atomic E-state index is -0.635. The van der Waals surface area contributed by atoms with Crippen LogP contribution in [0.5, 0.6) is 0 Å². The van der Waals surface area contributed by atoms with E-state index in [0.29, 0.717) is 25.9 Å². The first-order valence-corrected chi connectivity index (χ1v) is 8.82. The van der Waals surface area contributed by atoms with Crippen LogP contribution in [0.15, 0.2) is 60.7 Å². The second kappa shape index (κ2) is 9.62. The van der Waals surface area contributed by atoms with Gasteiger partial charge < -0.3 is 10.2 Å². The molecular formula is C21H26N2O2. The molecule has 0 spiro atoms. The molecule has 2 amide bonds. The molecule has 0 unspecified atom stereocenters. The second-order valence-electron chi connectivity index (χ2n) is 5.91. The molecule has 132 valence electrons. The Morgan fingerprint density at radius 1 is 0.920 bits per heavy atom. The second-order valence-corrected chi connectivity index (χ2v) is 5.91. The van der Waals surface area contributed by atoms with Gasteiger partial charge in [0, 0.05) is 19.5 Å². The molecule has 0 aromatic heterocycles. The third-order valence-corrected chi connectivity index (χ3v) is 4.24. The lowest BCUT2D eigenvalue weighted by atomic mass is 10.0. The van der Waals surface area contributed by atoms with E-state index in [9.17, 15) is 9.59 Å². The van der Waals surface area contributed by atoms with Gasteiger partial charge in [-0.3, -0.25) is 9.59 Å². The molecule has 0 aliphatic heterocycles. The topological polar surface area (TPSA) is 49.4 Å². The molecule has 0 aliphatic carbocycles. The van der Waals surface area contributed by atoms with E-state index >= 15 is 0 Å². The molecule has 2 aromatic carbocycles. The summed E-state index contributed by atoms with van der Waals surface area (Å²) >= 11 is 0. The van der Waals surface area contributed by atoms with Crippen LogP contribution in [0.2, 0.25) is 0 Å². The molecule has 2 rings (SSSR count). The predicted octanol–water partition coefficient (Wildman–Crippen LogP) is 3.35. The van der Waals surface area contributed by atoms with Crippen molar-refractivity contribution in [3.05, 3.63) is 71.8 Å². The largest absolute Gasteiger partial charge is 0.341 e. The molecule has 25 heavy (non-hydrogen) atoms. The van der Waals surface area contributed by atoms with Crippen molar-refractivity contribution < 1.29 is 9.59 Å². The van der Waals surface area contributed by atoms with Gasteiger partial charge in [0.15, 0.2) is 0 Å². The number of aryl methyl sites for hydroxylation is 1. The number of likely N-dealkylation sites (N-methyl/N-ethyl adjacent to an activating group) is 1. The number of carbonyl (C=O) groups excluding carboxylic acids is 2. The van der Waals surface area contributed by atoms with Crippen molar-refractivity contribution in [1.82, 2.24) is 10.2 Å². The SMILES string of the molecule is CCN(CC)C(=O)[C@@H](NC(=O)CCc1ccccc1)c1ccccc1. The third kappa shape index (κ3) is 5.45. The van der Waals surface area contributed by atoms with Crippen LogP contribution in [-0.2, 0) is 16.0 Å². The number of rotatable bonds is 8. The number of hydrogen-bond acceptors (Lipinski definition) is 2. The zero-order valence-corrected chi connectivity index (χ0v) is 14.9. The van der Waals surface area contributed by atoms with Crippen LogP contribution in [-0.4, -0.2) is 29.8 Å². The van der Waals surface area contributed by atoms with Crippen molar-refractivity contribution in [2.75, 3.05) is 13.1 Å². The van der Waals surface area contributed by atoms with Crippen LogP contribution < -0.4 is 5.32 Å². The van der Waals surface area contributed by atoms with Crippen molar-refractivity contribution >= 4 is 11.8 Å². The van der Waals surface area contributed by atoms with Gasteiger partial charge in [-0.05, 0) is 31.4 Å². The third-order valence-electron chi connectivity index (χ3n) is 4.24. The Kier molecular flexibility index (Phi) is 7.20. The van der Waals surface area contributed by atoms with Crippen LogP contribution in [0, 0.1) is 0 Å². The van der Waals surface area contributed by atoms with E-state index in [4.69, 9.17) is 0 Å². The van der Waals surface area contributed by atoms with Crippen LogP contribution in [0.1, 0.15) is 37.4 Å². The van der Waals surface area contributed by atoms with Crippen molar-refractivity contribution in [2.24, 2.45) is 0 Å². The maximum Gasteiger partial charge on any atom is 0.249 e. The quantitative estimate of drug-likeness (QED) is 0.802. The highest BCUT2D eigenvalue weighted by Gasteiger charge is 2.25. The van der Waals surface area contributed by atoms with Gasteiger partial charge in [0.2, 0.25) is 11.8 Å². The molecule has 0 heterocycles. The first-order valence-electron chi connectivity index (χ1n) is 8.82. The Morgan fingerprint density at radius 2 is 1.48 bits per heavy atom. The van der Waals surface area contributed by atoms with Gasteiger partial charge >= 0.3 is 0 Å². The summed E-state index contributed by atoms with van der Waals surface area (Å²) in [4.78, 5) is 27.0. The molecule has 2 aromatic rings. The minimum Gasteiger partial charge on any atom is -0.341 e. The molecule has 0 saturated carbocycles. The summed E-state index contributed by atoms with van der Waals surface area (Å²) in [5.41, 5.74) is 1.93. The number of nitrogens with one attached hydrogen (secondary N) is 1. The maximum atomic E-state index is 12.8. The van der Waals surface area contributed by atoms with Crippen LogP contribution in [0.25, 0.3) is 0 Å². The van der Waals surface area contributed by atoms with Crippen LogP contribution in [0.3, 0.4) is 0 Å². The highest BCUT2D eigenvalue weighted by Crippen LogP contribution is 2.16. The van der Waals surface area contributed by atoms with Gasteiger partial charge in [0.05, 0.1) is 0 Å². The Hall–Kier alpha value is -2.62. The molecule has 0 aliphatic rings. The summed E-state index contributed by atoms with van der Waals surface area (Å²) in [6, 6.07) is 18.7. The van der Waals surface area contributed by atoms with Gasteiger partial charge in [-0.25, -0.2) is 0 Å². The Morgan fingerprint density at radius 3 is 2.04 bits per heavy atom. The van der Waals surface area contributed by atoms with Gasteiger partial charge in [0.25, 0.3) is 0 Å². The van der Waals surface area contributed by atoms with E-state index < -0.39 is 6.04 Å². The highest BCUT2D eigenvalue weighted by molar-refractivity contribution is 5.88. The fourth-order valence-corrected chi connectivity index (χ4v) is 2.79. The van der Waals surface area contributed by atoms with Crippen molar-refractivity contribution in [1.29, 1.82) is 0 Å². The monoisotopic (exact) mass is 338 g/mol. The fraction of sp³-hybridized carbons (Fsp3) is 0.333. The number of benzene rings is 2. The molecule has 0 radical (unpaired) electrons. The normalized spacial score (nSPS) is 11.6. The average molecular weight is 338 g/mol. The summed E-state index contributed by atoms with van der Waals surface area (Å²) in [6.45, 7) is 5.14. The molecule has 0 bridgehead atoms. The number of amides is 2. The molecular weight excluding hydrogens is 312 g/mol. The number of nitrogens with zero attached hydrogens (tertiary/aromatic N) is 1. The Labute approximate surface area is 149 Å². The molecule has 1 atom stereocenters. The van der Waals surface area contributed by atoms with Gasteiger partial charge in [-0.1, -0.05) is 60.7 Å². The zero-order chi connectivity index (χ0) is 18.1. The van der Waals surface area contributed by atoms with Gasteiger partial charge in [-0.2, -0.15) is 0 Å². The average Bonchev–Trinajstić information content (AvgIpc) is 2.67. The first kappa shape index (κ1) is 18.7. The lowest BCUT2D eigenvalue weighted by Crippen LogP contribution is -2.42. The molecule has 1 N–H and O–H groups in total. The summed E-state index contributed by atoms with van der Waals surface area (Å²) in [5.74, 6) is -0.178. The Balaban J connectivity index is 2.07. The van der Waals surface area contributed by atoms with Crippen LogP contribution >= 0.6 is 0 Å². The van der Waals surface area contributed by atoms with E-state index in [-0.39, 0.29) is 11.8 Å². The molecule has 0 saturated heterocycles. The first-order chi connectivity index (χ1) is 12.2. The van der Waals surface area contributed by atoms with Crippen LogP contribution in [0.4, 0.5) is 0 Å². The van der Waals surface area contributed by atoms with Gasteiger partial charge in [-0.15, -0.1) is 0 Å². The molecule has 4 heteroatoms. The van der Waals surface area contributed by atoms with Crippen molar-refractivity contribution in [3.63, 3.8) is 0 Å². The zero-order valence-electron chi connectivity index (χ0n) is 14.9. The smallest absolute Gasteiger partial charge is 0.249 e. The fourth-order valence-electron chi connectivity index (χ4n) is 2.79. The lowest BCUT2D eigenvalue weighted by molar-refractivity contribution is -0.136. The van der Waals surface area contributed by atoms with E-state index in [1.54, 1.807) is 4.90 Å². The maximum absolute atomic E-state index is 12.8. The summed E-state index contributed by atoms with van der Waals surface area (Å²) < 4.78 is 0. The predicted molar refractivity (Wildman–Crippen MR) is 100 cm³/mol. The van der Waals surface area contributed by atoms with E-state index in [0.717, 1.165) is 11.1 Å². The number of hydrogen-bond donors (Lipinski definition) is 1. The number of carbonyl (C=O) groups is 2. The van der Waals surface area contributed by atoms with E-state index in [2.05, 4.69) is 5.32 Å². The molecule has 4 nitrogen and oxygen atoms in total. The standard InChI is InChI=1S/C21H26N2O2/c1-3-23(4-2)21(25)20(18-13-9-6-10-14-18)22-19(24)16-15-17-11-7-5-8-12-17/h5-14,20H,3-4,15-16H2,1-2H3,(H,22,24)/t20-/m0/s1. The summed E-state index contributed by atoms with van der Waals surface area (Å²) in [5, 5.41) is 2.92. The van der Waals surface area contributed by atoms with Crippen molar-refractivity contribution in [2.45, 2.75) is 32.7 Å². The highest BCUT2D eigenvalue weighted by atomic mass is 16.2. The summed E-state index contributed by atoms with van der Waals surface area (Å²) in [7, 11) is 0. The van der Waals surface area contributed by atoms with E-state index in [1.165, 1.54) is 0 Å². The lowest BCUT2D eigenvalue weighted by Gasteiger charge is -2.26. The Bertz CT molecular complexity index is 667. The molecule has 0 fully saturated rings. The van der Waals surface area contributed by atoms with E-state index in [1.807, 2.05) is 74.5 Å². The minimum absolute atomic E-state index is 0.0655. The van der Waals surface area contributed by atoms with Gasteiger partial charge in [0.1, 0.15) is 6.04 Å². The van der Waals surface area contributed by atoms with Crippen molar-refractivity contribution in [3.8, 4) is 0 Å². The summed E-state index contributed by atoms with van der Waals surface area (Å²) in [6.07, 6.45) is 1.02.